The lowest BCUT2D eigenvalue weighted by Gasteiger charge is -2.24. The highest BCUT2D eigenvalue weighted by molar-refractivity contribution is 7.10. The van der Waals surface area contributed by atoms with Gasteiger partial charge in [-0.05, 0) is 25.3 Å². The predicted molar refractivity (Wildman–Crippen MR) is 51.3 cm³/mol. The van der Waals surface area contributed by atoms with Crippen LogP contribution in [0, 0.1) is 0 Å². The molecule has 1 saturated carbocycles. The van der Waals surface area contributed by atoms with Crippen molar-refractivity contribution in [3.05, 3.63) is 22.8 Å². The Morgan fingerprint density at radius 1 is 1.38 bits per heavy atom. The molecule has 0 N–H and O–H groups in total. The fraction of sp³-hybridized carbons (Fsp3) is 0.400. The lowest BCUT2D eigenvalue weighted by Crippen LogP contribution is -2.07. The molecule has 0 radical (unpaired) electrons. The molecule has 68 valence electrons. The number of thiophene rings is 1. The van der Waals surface area contributed by atoms with E-state index in [1.807, 2.05) is 5.38 Å². The van der Waals surface area contributed by atoms with Crippen LogP contribution in [0.3, 0.4) is 0 Å². The van der Waals surface area contributed by atoms with E-state index in [0.29, 0.717) is 11.9 Å². The molecule has 0 atom stereocenters. The summed E-state index contributed by atoms with van der Waals surface area (Å²) in [6.45, 7) is 3.65. The summed E-state index contributed by atoms with van der Waals surface area (Å²) in [5.41, 5.74) is 0. The first-order valence-electron chi connectivity index (χ1n) is 4.50. The van der Waals surface area contributed by atoms with E-state index in [-0.39, 0.29) is 0 Å². The van der Waals surface area contributed by atoms with Gasteiger partial charge in [-0.25, -0.2) is 0 Å². The summed E-state index contributed by atoms with van der Waals surface area (Å²) < 4.78 is 10.7. The van der Waals surface area contributed by atoms with E-state index in [2.05, 4.69) is 6.58 Å². The van der Waals surface area contributed by atoms with E-state index in [4.69, 9.17) is 9.47 Å². The monoisotopic (exact) mass is 194 g/mol. The Labute approximate surface area is 80.8 Å². The standard InChI is InChI=1S/C10H10O2S/c1-6-11-8-5-13-10(9(8)12-6)7-3-2-4-7/h5,7H,1-4H2. The second-order valence-electron chi connectivity index (χ2n) is 3.50. The van der Waals surface area contributed by atoms with Crippen LogP contribution in [0.15, 0.2) is 17.9 Å². The first-order valence-corrected chi connectivity index (χ1v) is 5.38. The summed E-state index contributed by atoms with van der Waals surface area (Å²) >= 11 is 1.75. The van der Waals surface area contributed by atoms with Crippen molar-refractivity contribution >= 4 is 11.3 Å². The molecule has 0 spiro atoms. The maximum Gasteiger partial charge on any atom is 0.282 e. The molecule has 1 aliphatic carbocycles. The van der Waals surface area contributed by atoms with Gasteiger partial charge >= 0.3 is 0 Å². The molecule has 2 nitrogen and oxygen atoms in total. The fourth-order valence-corrected chi connectivity index (χ4v) is 2.79. The van der Waals surface area contributed by atoms with Crippen molar-refractivity contribution in [2.75, 3.05) is 0 Å². The Bertz CT molecular complexity index is 363. The highest BCUT2D eigenvalue weighted by Crippen LogP contribution is 2.51. The SMILES string of the molecule is C=C1Oc2csc(C3CCC3)c2O1. The third kappa shape index (κ3) is 1.000. The molecule has 0 unspecified atom stereocenters. The summed E-state index contributed by atoms with van der Waals surface area (Å²) in [6, 6.07) is 0. The molecule has 2 aliphatic rings. The van der Waals surface area contributed by atoms with Gasteiger partial charge in [-0.2, -0.15) is 0 Å². The van der Waals surface area contributed by atoms with E-state index >= 15 is 0 Å². The van der Waals surface area contributed by atoms with Crippen LogP contribution in [0.25, 0.3) is 0 Å². The molecule has 3 heteroatoms. The van der Waals surface area contributed by atoms with Gasteiger partial charge in [0.25, 0.3) is 5.95 Å². The molecule has 0 bridgehead atoms. The summed E-state index contributed by atoms with van der Waals surface area (Å²) in [4.78, 5) is 1.35. The highest BCUT2D eigenvalue weighted by Gasteiger charge is 2.31. The van der Waals surface area contributed by atoms with Gasteiger partial charge in [0.2, 0.25) is 0 Å². The molecule has 2 heterocycles. The van der Waals surface area contributed by atoms with E-state index in [1.165, 1.54) is 24.1 Å². The van der Waals surface area contributed by atoms with Gasteiger partial charge in [0.1, 0.15) is 0 Å². The number of ether oxygens (including phenoxy) is 2. The number of hydrogen-bond acceptors (Lipinski definition) is 3. The van der Waals surface area contributed by atoms with Crippen LogP contribution in [-0.4, -0.2) is 0 Å². The number of hydrogen-bond donors (Lipinski definition) is 0. The summed E-state index contributed by atoms with van der Waals surface area (Å²) in [5.74, 6) is 2.92. The summed E-state index contributed by atoms with van der Waals surface area (Å²) in [7, 11) is 0. The second kappa shape index (κ2) is 2.51. The maximum absolute atomic E-state index is 5.43. The van der Waals surface area contributed by atoms with E-state index in [9.17, 15) is 0 Å². The lowest BCUT2D eigenvalue weighted by atomic mass is 9.84. The van der Waals surface area contributed by atoms with Gasteiger partial charge in [0.05, 0.1) is 4.88 Å². The van der Waals surface area contributed by atoms with E-state index < -0.39 is 0 Å². The summed E-state index contributed by atoms with van der Waals surface area (Å²) in [5, 5.41) is 2.02. The summed E-state index contributed by atoms with van der Waals surface area (Å²) in [6.07, 6.45) is 3.94. The second-order valence-corrected chi connectivity index (χ2v) is 4.41. The molecule has 1 fully saturated rings. The van der Waals surface area contributed by atoms with Gasteiger partial charge in [-0.15, -0.1) is 11.3 Å². The quantitative estimate of drug-likeness (QED) is 0.683. The lowest BCUT2D eigenvalue weighted by molar-refractivity contribution is 0.286. The van der Waals surface area contributed by atoms with Gasteiger partial charge in [0, 0.05) is 5.38 Å². The van der Waals surface area contributed by atoms with Crippen LogP contribution in [-0.2, 0) is 0 Å². The molecular formula is C10H10O2S. The molecule has 3 rings (SSSR count). The van der Waals surface area contributed by atoms with Crippen molar-refractivity contribution < 1.29 is 9.47 Å². The molecule has 1 aromatic heterocycles. The largest absolute Gasteiger partial charge is 0.421 e. The number of rotatable bonds is 1. The minimum Gasteiger partial charge on any atom is -0.421 e. The average Bonchev–Trinajstić information content (AvgIpc) is 2.47. The van der Waals surface area contributed by atoms with Crippen molar-refractivity contribution in [2.24, 2.45) is 0 Å². The van der Waals surface area contributed by atoms with Gasteiger partial charge in [-0.1, -0.05) is 6.42 Å². The van der Waals surface area contributed by atoms with Crippen molar-refractivity contribution in [1.29, 1.82) is 0 Å². The van der Waals surface area contributed by atoms with Crippen molar-refractivity contribution in [3.8, 4) is 11.5 Å². The van der Waals surface area contributed by atoms with Gasteiger partial charge in [0.15, 0.2) is 11.5 Å². The van der Waals surface area contributed by atoms with Crippen LogP contribution >= 0.6 is 11.3 Å². The number of fused-ring (bicyclic) bond motifs is 1. The molecular weight excluding hydrogens is 184 g/mol. The first-order chi connectivity index (χ1) is 6.34. The Morgan fingerprint density at radius 2 is 2.23 bits per heavy atom. The Hall–Kier alpha value is -0.960. The van der Waals surface area contributed by atoms with Crippen molar-refractivity contribution in [2.45, 2.75) is 25.2 Å². The van der Waals surface area contributed by atoms with Crippen molar-refractivity contribution in [1.82, 2.24) is 0 Å². The highest BCUT2D eigenvalue weighted by atomic mass is 32.1. The predicted octanol–water partition coefficient (Wildman–Crippen LogP) is 3.26. The van der Waals surface area contributed by atoms with Crippen molar-refractivity contribution in [3.63, 3.8) is 0 Å². The van der Waals surface area contributed by atoms with Crippen LogP contribution in [0.4, 0.5) is 0 Å². The maximum atomic E-state index is 5.43. The minimum absolute atomic E-state index is 0.415. The van der Waals surface area contributed by atoms with Crippen LogP contribution in [0.1, 0.15) is 30.1 Å². The topological polar surface area (TPSA) is 18.5 Å². The average molecular weight is 194 g/mol. The molecule has 0 aromatic carbocycles. The van der Waals surface area contributed by atoms with Gasteiger partial charge < -0.3 is 9.47 Å². The normalized spacial score (nSPS) is 20.5. The zero-order valence-corrected chi connectivity index (χ0v) is 8.02. The molecule has 1 aromatic rings. The third-order valence-corrected chi connectivity index (χ3v) is 3.76. The minimum atomic E-state index is 0.415. The molecule has 13 heavy (non-hydrogen) atoms. The Balaban J connectivity index is 1.99. The first kappa shape index (κ1) is 7.44. The fourth-order valence-electron chi connectivity index (χ4n) is 1.73. The smallest absolute Gasteiger partial charge is 0.282 e. The van der Waals surface area contributed by atoms with Gasteiger partial charge in [-0.3, -0.25) is 0 Å². The zero-order valence-electron chi connectivity index (χ0n) is 7.21. The van der Waals surface area contributed by atoms with E-state index in [1.54, 1.807) is 11.3 Å². The Morgan fingerprint density at radius 3 is 2.92 bits per heavy atom. The molecule has 0 amide bonds. The molecule has 1 aliphatic heterocycles. The van der Waals surface area contributed by atoms with Crippen LogP contribution < -0.4 is 9.47 Å². The molecule has 0 saturated heterocycles. The Kier molecular flexibility index (Phi) is 1.44. The zero-order chi connectivity index (χ0) is 8.84. The van der Waals surface area contributed by atoms with E-state index in [0.717, 1.165) is 11.5 Å². The third-order valence-electron chi connectivity index (χ3n) is 2.66. The van der Waals surface area contributed by atoms with Crippen LogP contribution in [0.2, 0.25) is 0 Å². The van der Waals surface area contributed by atoms with Crippen LogP contribution in [0.5, 0.6) is 11.5 Å².